The second-order valence-electron chi connectivity index (χ2n) is 4.75. The van der Waals surface area contributed by atoms with E-state index in [0.29, 0.717) is 22.7 Å². The van der Waals surface area contributed by atoms with Crippen molar-refractivity contribution in [2.75, 3.05) is 12.4 Å². The lowest BCUT2D eigenvalue weighted by Crippen LogP contribution is -2.18. The Morgan fingerprint density at radius 2 is 2.09 bits per heavy atom. The molecule has 4 nitrogen and oxygen atoms in total. The molecule has 6 heteroatoms. The van der Waals surface area contributed by atoms with Crippen molar-refractivity contribution in [3.63, 3.8) is 0 Å². The quantitative estimate of drug-likeness (QED) is 0.844. The van der Waals surface area contributed by atoms with Crippen LogP contribution in [-0.2, 0) is 11.2 Å². The van der Waals surface area contributed by atoms with Crippen LogP contribution in [0.1, 0.15) is 28.1 Å². The molecule has 0 bridgehead atoms. The number of aryl methyl sites for hydroxylation is 1. The van der Waals surface area contributed by atoms with Crippen molar-refractivity contribution in [3.05, 3.63) is 51.2 Å². The molecule has 0 saturated heterocycles. The summed E-state index contributed by atoms with van der Waals surface area (Å²) in [6, 6.07) is 8.87. The van der Waals surface area contributed by atoms with Crippen LogP contribution in [0.4, 0.5) is 5.69 Å². The Labute approximate surface area is 138 Å². The van der Waals surface area contributed by atoms with Crippen molar-refractivity contribution in [1.82, 2.24) is 5.32 Å². The van der Waals surface area contributed by atoms with Crippen LogP contribution in [0.3, 0.4) is 0 Å². The van der Waals surface area contributed by atoms with Crippen LogP contribution >= 0.6 is 22.9 Å². The molecule has 22 heavy (non-hydrogen) atoms. The Morgan fingerprint density at radius 3 is 2.77 bits per heavy atom. The van der Waals surface area contributed by atoms with E-state index < -0.39 is 0 Å². The summed E-state index contributed by atoms with van der Waals surface area (Å²) >= 11 is 7.75. The summed E-state index contributed by atoms with van der Waals surface area (Å²) in [6.07, 6.45) is 2.08. The molecule has 0 atom stereocenters. The molecule has 2 rings (SSSR count). The molecule has 2 amide bonds. The number of carbonyl (C=O) groups is 2. The zero-order chi connectivity index (χ0) is 15.9. The number of rotatable bonds is 6. The van der Waals surface area contributed by atoms with Crippen LogP contribution in [-0.4, -0.2) is 18.9 Å². The lowest BCUT2D eigenvalue weighted by Gasteiger charge is -2.09. The highest BCUT2D eigenvalue weighted by Crippen LogP contribution is 2.23. The number of hydrogen-bond acceptors (Lipinski definition) is 3. The normalized spacial score (nSPS) is 10.3. The first-order chi connectivity index (χ1) is 10.6. The molecule has 0 aliphatic heterocycles. The Hall–Kier alpha value is -1.85. The van der Waals surface area contributed by atoms with Crippen molar-refractivity contribution in [2.45, 2.75) is 19.3 Å². The first kappa shape index (κ1) is 16.5. The van der Waals surface area contributed by atoms with Gasteiger partial charge in [0.25, 0.3) is 5.91 Å². The first-order valence-corrected chi connectivity index (χ1v) is 8.20. The number of carbonyl (C=O) groups excluding carboxylic acids is 2. The van der Waals surface area contributed by atoms with Crippen molar-refractivity contribution < 1.29 is 9.59 Å². The van der Waals surface area contributed by atoms with Gasteiger partial charge in [-0.2, -0.15) is 0 Å². The smallest absolute Gasteiger partial charge is 0.251 e. The molecular formula is C16H17ClN2O2S. The monoisotopic (exact) mass is 336 g/mol. The molecule has 2 N–H and O–H groups in total. The molecular weight excluding hydrogens is 320 g/mol. The van der Waals surface area contributed by atoms with Crippen molar-refractivity contribution in [1.29, 1.82) is 0 Å². The van der Waals surface area contributed by atoms with Gasteiger partial charge in [-0.25, -0.2) is 0 Å². The summed E-state index contributed by atoms with van der Waals surface area (Å²) in [7, 11) is 1.56. The van der Waals surface area contributed by atoms with E-state index in [-0.39, 0.29) is 11.8 Å². The van der Waals surface area contributed by atoms with E-state index in [2.05, 4.69) is 16.7 Å². The number of nitrogens with one attached hydrogen (secondary N) is 2. The topological polar surface area (TPSA) is 58.2 Å². The Morgan fingerprint density at radius 1 is 1.27 bits per heavy atom. The van der Waals surface area contributed by atoms with E-state index in [1.54, 1.807) is 36.6 Å². The third-order valence-electron chi connectivity index (χ3n) is 3.14. The number of amides is 2. The summed E-state index contributed by atoms with van der Waals surface area (Å²) in [5, 5.41) is 7.74. The molecule has 0 fully saturated rings. The maximum Gasteiger partial charge on any atom is 0.251 e. The van der Waals surface area contributed by atoms with Crippen LogP contribution in [0.25, 0.3) is 0 Å². The highest BCUT2D eigenvalue weighted by Gasteiger charge is 2.10. The summed E-state index contributed by atoms with van der Waals surface area (Å²) in [5.41, 5.74) is 0.921. The van der Waals surface area contributed by atoms with Gasteiger partial charge >= 0.3 is 0 Å². The van der Waals surface area contributed by atoms with Crippen molar-refractivity contribution in [3.8, 4) is 0 Å². The molecule has 2 aromatic rings. The van der Waals surface area contributed by atoms with Gasteiger partial charge in [-0.1, -0.05) is 17.7 Å². The predicted octanol–water partition coefficient (Wildman–Crippen LogP) is 3.72. The second-order valence-corrected chi connectivity index (χ2v) is 6.19. The van der Waals surface area contributed by atoms with E-state index in [1.807, 2.05) is 11.4 Å². The number of benzene rings is 1. The highest BCUT2D eigenvalue weighted by molar-refractivity contribution is 7.09. The van der Waals surface area contributed by atoms with Crippen LogP contribution < -0.4 is 10.6 Å². The van der Waals surface area contributed by atoms with Crippen LogP contribution in [0.2, 0.25) is 5.02 Å². The molecule has 0 radical (unpaired) electrons. The molecule has 0 spiro atoms. The average Bonchev–Trinajstić information content (AvgIpc) is 3.02. The van der Waals surface area contributed by atoms with Gasteiger partial charge in [-0.05, 0) is 42.5 Å². The van der Waals surface area contributed by atoms with Gasteiger partial charge in [0.2, 0.25) is 5.91 Å². The SMILES string of the molecule is CNC(=O)c1ccc(Cl)c(NC(=O)CCCc2cccs2)c1. The predicted molar refractivity (Wildman–Crippen MR) is 90.7 cm³/mol. The lowest BCUT2D eigenvalue weighted by molar-refractivity contribution is -0.116. The number of thiophene rings is 1. The molecule has 0 saturated carbocycles. The Balaban J connectivity index is 1.91. The third-order valence-corrected chi connectivity index (χ3v) is 4.40. The second kappa shape index (κ2) is 7.96. The lowest BCUT2D eigenvalue weighted by atomic mass is 10.1. The summed E-state index contributed by atoms with van der Waals surface area (Å²) in [5.74, 6) is -0.322. The van der Waals surface area contributed by atoms with Gasteiger partial charge < -0.3 is 10.6 Å². The molecule has 1 heterocycles. The van der Waals surface area contributed by atoms with E-state index in [9.17, 15) is 9.59 Å². The molecule has 1 aromatic carbocycles. The molecule has 116 valence electrons. The zero-order valence-corrected chi connectivity index (χ0v) is 13.8. The van der Waals surface area contributed by atoms with Crippen LogP contribution in [0.15, 0.2) is 35.7 Å². The first-order valence-electron chi connectivity index (χ1n) is 6.94. The van der Waals surface area contributed by atoms with Crippen molar-refractivity contribution >= 4 is 40.4 Å². The fraction of sp³-hybridized carbons (Fsp3) is 0.250. The van der Waals surface area contributed by atoms with Gasteiger partial charge in [0.1, 0.15) is 0 Å². The van der Waals surface area contributed by atoms with Gasteiger partial charge in [-0.15, -0.1) is 11.3 Å². The van der Waals surface area contributed by atoms with Gasteiger partial charge in [-0.3, -0.25) is 9.59 Å². The minimum atomic E-state index is -0.218. The number of halogens is 1. The van der Waals surface area contributed by atoms with E-state index in [0.717, 1.165) is 12.8 Å². The maximum atomic E-state index is 12.0. The highest BCUT2D eigenvalue weighted by atomic mass is 35.5. The minimum absolute atomic E-state index is 0.104. The third kappa shape index (κ3) is 4.58. The molecule has 0 unspecified atom stereocenters. The fourth-order valence-corrected chi connectivity index (χ4v) is 2.91. The van der Waals surface area contributed by atoms with E-state index in [1.165, 1.54) is 4.88 Å². The molecule has 0 aliphatic carbocycles. The standard InChI is InChI=1S/C16H17ClN2O2S/c1-18-16(21)11-7-8-13(17)14(10-11)19-15(20)6-2-4-12-5-3-9-22-12/h3,5,7-10H,2,4,6H2,1H3,(H,18,21)(H,19,20). The van der Waals surface area contributed by atoms with Crippen LogP contribution in [0.5, 0.6) is 0 Å². The summed E-state index contributed by atoms with van der Waals surface area (Å²) in [6.45, 7) is 0. The molecule has 0 aliphatic rings. The van der Waals surface area contributed by atoms with Crippen LogP contribution in [0, 0.1) is 0 Å². The number of hydrogen-bond donors (Lipinski definition) is 2. The summed E-state index contributed by atoms with van der Waals surface area (Å²) in [4.78, 5) is 24.8. The minimum Gasteiger partial charge on any atom is -0.355 e. The van der Waals surface area contributed by atoms with E-state index in [4.69, 9.17) is 11.6 Å². The van der Waals surface area contributed by atoms with Gasteiger partial charge in [0.15, 0.2) is 0 Å². The fourth-order valence-electron chi connectivity index (χ4n) is 2.00. The Kier molecular flexibility index (Phi) is 5.98. The molecule has 1 aromatic heterocycles. The summed E-state index contributed by atoms with van der Waals surface area (Å²) < 4.78 is 0. The van der Waals surface area contributed by atoms with Gasteiger partial charge in [0, 0.05) is 23.9 Å². The Bertz CT molecular complexity index is 656. The number of anilines is 1. The average molecular weight is 337 g/mol. The van der Waals surface area contributed by atoms with E-state index >= 15 is 0 Å². The van der Waals surface area contributed by atoms with Crippen molar-refractivity contribution in [2.24, 2.45) is 0 Å². The largest absolute Gasteiger partial charge is 0.355 e. The van der Waals surface area contributed by atoms with Gasteiger partial charge in [0.05, 0.1) is 10.7 Å². The maximum absolute atomic E-state index is 12.0. The zero-order valence-electron chi connectivity index (χ0n) is 12.2.